The van der Waals surface area contributed by atoms with Gasteiger partial charge in [-0.3, -0.25) is 0 Å². The fraction of sp³-hybridized carbons (Fsp3) is 0.625. The molecule has 2 aliphatic carbocycles. The molecule has 0 radical (unpaired) electrons. The van der Waals surface area contributed by atoms with Crippen molar-refractivity contribution in [1.29, 1.82) is 0 Å². The van der Waals surface area contributed by atoms with E-state index in [0.29, 0.717) is 6.04 Å². The molecular weight excluding hydrogens is 326 g/mol. The molecule has 2 fully saturated rings. The van der Waals surface area contributed by atoms with Crippen molar-refractivity contribution in [3.63, 3.8) is 0 Å². The van der Waals surface area contributed by atoms with Crippen molar-refractivity contribution in [1.82, 2.24) is 19.3 Å². The van der Waals surface area contributed by atoms with E-state index >= 15 is 0 Å². The van der Waals surface area contributed by atoms with E-state index in [1.807, 2.05) is 12.3 Å². The second kappa shape index (κ2) is 5.16. The van der Waals surface area contributed by atoms with Crippen molar-refractivity contribution >= 4 is 26.9 Å². The van der Waals surface area contributed by atoms with Crippen molar-refractivity contribution < 1.29 is 8.42 Å². The first kappa shape index (κ1) is 15.8. The van der Waals surface area contributed by atoms with Crippen molar-refractivity contribution in [3.8, 4) is 0 Å². The van der Waals surface area contributed by atoms with Crippen LogP contribution in [0.2, 0.25) is 0 Å². The van der Waals surface area contributed by atoms with Gasteiger partial charge in [0.15, 0.2) is 0 Å². The van der Waals surface area contributed by atoms with E-state index in [2.05, 4.69) is 26.9 Å². The zero-order chi connectivity index (χ0) is 17.1. The normalized spacial score (nSPS) is 29.7. The monoisotopic (exact) mass is 349 g/mol. The number of anilines is 1. The van der Waals surface area contributed by atoms with Gasteiger partial charge in [0, 0.05) is 33.4 Å². The largest absolute Gasteiger partial charge is 0.356 e. The van der Waals surface area contributed by atoms with Gasteiger partial charge in [0.25, 0.3) is 0 Å². The Bertz CT molecular complexity index is 861. The summed E-state index contributed by atoms with van der Waals surface area (Å²) in [5.74, 6) is 0.942. The summed E-state index contributed by atoms with van der Waals surface area (Å²) in [5.41, 5.74) is 1.07. The van der Waals surface area contributed by atoms with Gasteiger partial charge < -0.3 is 9.88 Å². The first-order valence-corrected chi connectivity index (χ1v) is 9.75. The van der Waals surface area contributed by atoms with Gasteiger partial charge in [-0.1, -0.05) is 0 Å². The number of aromatic nitrogens is 3. The van der Waals surface area contributed by atoms with Crippen LogP contribution in [0.3, 0.4) is 0 Å². The molecule has 7 nitrogen and oxygen atoms in total. The Balaban J connectivity index is 1.43. The zero-order valence-corrected chi connectivity index (χ0v) is 15.0. The van der Waals surface area contributed by atoms with Crippen LogP contribution in [0.1, 0.15) is 25.7 Å². The molecule has 2 aromatic rings. The lowest BCUT2D eigenvalue weighted by Crippen LogP contribution is -2.59. The predicted molar refractivity (Wildman–Crippen MR) is 93.4 cm³/mol. The van der Waals surface area contributed by atoms with E-state index in [9.17, 15) is 8.42 Å². The van der Waals surface area contributed by atoms with Crippen molar-refractivity contribution in [2.24, 2.45) is 5.41 Å². The maximum Gasteiger partial charge on any atom is 0.216 e. The second-order valence-corrected chi connectivity index (χ2v) is 9.89. The van der Waals surface area contributed by atoms with Gasteiger partial charge in [0.05, 0.1) is 10.6 Å². The SMILES string of the molecule is CN(c1ncnc2[nH]ccc12)C1CC2(C1)CC(S(=O)(=O)N(C)C)C2. The summed E-state index contributed by atoms with van der Waals surface area (Å²) in [5, 5.41) is 0.830. The van der Waals surface area contributed by atoms with E-state index in [0.717, 1.165) is 42.5 Å². The molecule has 24 heavy (non-hydrogen) atoms. The molecule has 1 spiro atoms. The molecule has 0 aromatic carbocycles. The lowest BCUT2D eigenvalue weighted by Gasteiger charge is -2.59. The van der Waals surface area contributed by atoms with E-state index in [-0.39, 0.29) is 10.7 Å². The smallest absolute Gasteiger partial charge is 0.216 e. The highest BCUT2D eigenvalue weighted by atomic mass is 32.2. The van der Waals surface area contributed by atoms with E-state index in [1.54, 1.807) is 20.4 Å². The number of fused-ring (bicyclic) bond motifs is 1. The molecular formula is C16H23N5O2S. The number of hydrogen-bond acceptors (Lipinski definition) is 5. The number of nitrogens with one attached hydrogen (secondary N) is 1. The molecule has 0 saturated heterocycles. The lowest BCUT2D eigenvalue weighted by molar-refractivity contribution is 0.0127. The summed E-state index contributed by atoms with van der Waals surface area (Å²) in [6, 6.07) is 2.42. The van der Waals surface area contributed by atoms with Gasteiger partial charge in [-0.05, 0) is 37.2 Å². The fourth-order valence-corrected chi connectivity index (χ4v) is 6.00. The summed E-state index contributed by atoms with van der Waals surface area (Å²) in [6.45, 7) is 0. The number of rotatable bonds is 4. The van der Waals surface area contributed by atoms with Crippen LogP contribution in [0.25, 0.3) is 11.0 Å². The van der Waals surface area contributed by atoms with Gasteiger partial charge in [-0.25, -0.2) is 22.7 Å². The van der Waals surface area contributed by atoms with Gasteiger partial charge in [-0.2, -0.15) is 0 Å². The Labute approximate surface area is 142 Å². The van der Waals surface area contributed by atoms with Gasteiger partial charge in [-0.15, -0.1) is 0 Å². The standard InChI is InChI=1S/C16H23N5O2S/c1-20(2)24(22,23)12-8-16(9-12)6-11(7-16)21(3)15-13-4-5-17-14(13)18-10-19-15/h4-5,10-12H,6-9H2,1-3H3,(H,17,18,19). The van der Waals surface area contributed by atoms with Crippen LogP contribution in [0.5, 0.6) is 0 Å². The van der Waals surface area contributed by atoms with E-state index < -0.39 is 10.0 Å². The molecule has 0 amide bonds. The highest BCUT2D eigenvalue weighted by Gasteiger charge is 2.57. The summed E-state index contributed by atoms with van der Waals surface area (Å²) >= 11 is 0. The number of aromatic amines is 1. The van der Waals surface area contributed by atoms with Crippen LogP contribution in [-0.4, -0.2) is 60.1 Å². The van der Waals surface area contributed by atoms with E-state index in [4.69, 9.17) is 0 Å². The van der Waals surface area contributed by atoms with Crippen LogP contribution >= 0.6 is 0 Å². The Morgan fingerprint density at radius 3 is 2.54 bits per heavy atom. The summed E-state index contributed by atoms with van der Waals surface area (Å²) in [7, 11) is 2.20. The number of nitrogens with zero attached hydrogens (tertiary/aromatic N) is 4. The first-order valence-electron chi connectivity index (χ1n) is 8.25. The molecule has 0 bridgehead atoms. The van der Waals surface area contributed by atoms with Crippen LogP contribution in [0.4, 0.5) is 5.82 Å². The fourth-order valence-electron chi connectivity index (χ4n) is 4.27. The van der Waals surface area contributed by atoms with Gasteiger partial charge in [0.1, 0.15) is 17.8 Å². The molecule has 2 aliphatic rings. The maximum absolute atomic E-state index is 12.2. The molecule has 0 atom stereocenters. The topological polar surface area (TPSA) is 82.2 Å². The molecule has 130 valence electrons. The third-order valence-corrected chi connectivity index (χ3v) is 8.00. The van der Waals surface area contributed by atoms with Crippen molar-refractivity contribution in [2.45, 2.75) is 37.0 Å². The average Bonchev–Trinajstić information content (AvgIpc) is 2.91. The van der Waals surface area contributed by atoms with Gasteiger partial charge >= 0.3 is 0 Å². The first-order chi connectivity index (χ1) is 11.3. The Morgan fingerprint density at radius 2 is 1.88 bits per heavy atom. The molecule has 8 heteroatoms. The highest BCUT2D eigenvalue weighted by molar-refractivity contribution is 7.89. The molecule has 2 heterocycles. The second-order valence-electron chi connectivity index (χ2n) is 7.47. The van der Waals surface area contributed by atoms with Crippen LogP contribution < -0.4 is 4.90 Å². The van der Waals surface area contributed by atoms with Crippen molar-refractivity contribution in [3.05, 3.63) is 18.6 Å². The zero-order valence-electron chi connectivity index (χ0n) is 14.2. The number of H-pyrrole nitrogens is 1. The molecule has 2 saturated carbocycles. The maximum atomic E-state index is 12.2. The van der Waals surface area contributed by atoms with Crippen LogP contribution in [0.15, 0.2) is 18.6 Å². The lowest BCUT2D eigenvalue weighted by atomic mass is 9.53. The minimum Gasteiger partial charge on any atom is -0.356 e. The quantitative estimate of drug-likeness (QED) is 0.906. The molecule has 0 aliphatic heterocycles. The number of sulfonamides is 1. The third-order valence-electron chi connectivity index (χ3n) is 5.80. The Hall–Kier alpha value is -1.67. The summed E-state index contributed by atoms with van der Waals surface area (Å²) in [6.07, 6.45) is 7.13. The highest BCUT2D eigenvalue weighted by Crippen LogP contribution is 2.59. The van der Waals surface area contributed by atoms with Crippen molar-refractivity contribution in [2.75, 3.05) is 26.0 Å². The Kier molecular flexibility index (Phi) is 3.41. The minimum atomic E-state index is -3.10. The van der Waals surface area contributed by atoms with Crippen LogP contribution in [-0.2, 0) is 10.0 Å². The summed E-state index contributed by atoms with van der Waals surface area (Å²) < 4.78 is 25.7. The molecule has 2 aromatic heterocycles. The van der Waals surface area contributed by atoms with Crippen LogP contribution in [0, 0.1) is 5.41 Å². The average molecular weight is 349 g/mol. The molecule has 1 N–H and O–H groups in total. The minimum absolute atomic E-state index is 0.200. The number of hydrogen-bond donors (Lipinski definition) is 1. The molecule has 0 unspecified atom stereocenters. The Morgan fingerprint density at radius 1 is 1.17 bits per heavy atom. The van der Waals surface area contributed by atoms with E-state index in [1.165, 1.54) is 4.31 Å². The predicted octanol–water partition coefficient (Wildman–Crippen LogP) is 1.60. The third kappa shape index (κ3) is 2.23. The summed E-state index contributed by atoms with van der Waals surface area (Å²) in [4.78, 5) is 14.0. The van der Waals surface area contributed by atoms with Gasteiger partial charge in [0.2, 0.25) is 10.0 Å². The molecule has 4 rings (SSSR count).